The highest BCUT2D eigenvalue weighted by Gasteiger charge is 2.00. The van der Waals surface area contributed by atoms with E-state index in [1.807, 2.05) is 0 Å². The highest BCUT2D eigenvalue weighted by atomic mass is 79.9. The molecule has 0 unspecified atom stereocenters. The molecule has 0 aromatic heterocycles. The number of rotatable bonds is 10. The third-order valence-corrected chi connectivity index (χ3v) is 3.84. The van der Waals surface area contributed by atoms with Crippen LogP contribution in [0.5, 0.6) is 0 Å². The zero-order valence-electron chi connectivity index (χ0n) is 13.2. The summed E-state index contributed by atoms with van der Waals surface area (Å²) in [6.45, 7) is 9.03. The van der Waals surface area contributed by atoms with Crippen molar-refractivity contribution in [3.05, 3.63) is 34.3 Å². The van der Waals surface area contributed by atoms with Gasteiger partial charge in [0.15, 0.2) is 0 Å². The van der Waals surface area contributed by atoms with E-state index in [1.54, 1.807) is 0 Å². The van der Waals surface area contributed by atoms with Gasteiger partial charge in [0.25, 0.3) is 0 Å². The second-order valence-corrected chi connectivity index (χ2v) is 6.94. The van der Waals surface area contributed by atoms with E-state index in [9.17, 15) is 0 Å². The summed E-state index contributed by atoms with van der Waals surface area (Å²) in [4.78, 5) is 2.41. The van der Waals surface area contributed by atoms with Crippen molar-refractivity contribution >= 4 is 15.9 Å². The Morgan fingerprint density at radius 2 is 1.80 bits per heavy atom. The molecule has 2 nitrogen and oxygen atoms in total. The van der Waals surface area contributed by atoms with Crippen molar-refractivity contribution in [3.8, 4) is 0 Å². The Labute approximate surface area is 133 Å². The fourth-order valence-electron chi connectivity index (χ4n) is 2.18. The highest BCUT2D eigenvalue weighted by molar-refractivity contribution is 9.10. The van der Waals surface area contributed by atoms with Gasteiger partial charge in [0.05, 0.1) is 0 Å². The van der Waals surface area contributed by atoms with Crippen LogP contribution in [0.4, 0.5) is 0 Å². The van der Waals surface area contributed by atoms with Gasteiger partial charge in [0.1, 0.15) is 0 Å². The lowest BCUT2D eigenvalue weighted by molar-refractivity contribution is 0.316. The molecule has 0 heterocycles. The van der Waals surface area contributed by atoms with Gasteiger partial charge in [-0.1, -0.05) is 48.3 Å². The molecule has 0 atom stereocenters. The summed E-state index contributed by atoms with van der Waals surface area (Å²) in [5, 5.41) is 3.50. The molecule has 0 spiro atoms. The van der Waals surface area contributed by atoms with Gasteiger partial charge in [-0.05, 0) is 63.1 Å². The van der Waals surface area contributed by atoms with Crippen molar-refractivity contribution in [2.75, 3.05) is 26.7 Å². The molecular formula is C17H29BrN2. The third-order valence-electron chi connectivity index (χ3n) is 3.31. The zero-order valence-corrected chi connectivity index (χ0v) is 14.7. The van der Waals surface area contributed by atoms with E-state index in [0.29, 0.717) is 0 Å². The van der Waals surface area contributed by atoms with Gasteiger partial charge in [-0.2, -0.15) is 0 Å². The summed E-state index contributed by atoms with van der Waals surface area (Å²) < 4.78 is 1.15. The van der Waals surface area contributed by atoms with E-state index in [4.69, 9.17) is 0 Å². The van der Waals surface area contributed by atoms with Crippen LogP contribution in [-0.4, -0.2) is 31.6 Å². The van der Waals surface area contributed by atoms with Crippen LogP contribution in [-0.2, 0) is 6.54 Å². The molecule has 0 saturated heterocycles. The predicted molar refractivity (Wildman–Crippen MR) is 92.0 cm³/mol. The highest BCUT2D eigenvalue weighted by Crippen LogP contribution is 2.12. The smallest absolute Gasteiger partial charge is 0.0230 e. The van der Waals surface area contributed by atoms with E-state index in [-0.39, 0.29) is 0 Å². The van der Waals surface area contributed by atoms with Gasteiger partial charge in [0.2, 0.25) is 0 Å². The van der Waals surface area contributed by atoms with Gasteiger partial charge < -0.3 is 10.2 Å². The molecule has 20 heavy (non-hydrogen) atoms. The molecule has 0 radical (unpaired) electrons. The molecule has 0 amide bonds. The monoisotopic (exact) mass is 340 g/mol. The lowest BCUT2D eigenvalue weighted by atomic mass is 10.2. The Bertz CT molecular complexity index is 349. The number of hydrogen-bond acceptors (Lipinski definition) is 2. The zero-order chi connectivity index (χ0) is 14.8. The van der Waals surface area contributed by atoms with Crippen molar-refractivity contribution in [2.24, 2.45) is 5.92 Å². The molecule has 1 rings (SSSR count). The fourth-order valence-corrected chi connectivity index (χ4v) is 2.44. The second-order valence-electron chi connectivity index (χ2n) is 6.02. The Hall–Kier alpha value is -0.380. The van der Waals surface area contributed by atoms with Crippen molar-refractivity contribution in [2.45, 2.75) is 39.7 Å². The van der Waals surface area contributed by atoms with Gasteiger partial charge in [-0.15, -0.1) is 0 Å². The Morgan fingerprint density at radius 1 is 1.10 bits per heavy atom. The molecule has 0 bridgehead atoms. The number of benzene rings is 1. The summed E-state index contributed by atoms with van der Waals surface area (Å²) in [7, 11) is 2.21. The maximum atomic E-state index is 3.50. The van der Waals surface area contributed by atoms with Crippen LogP contribution in [0.25, 0.3) is 0 Å². The minimum absolute atomic E-state index is 0.757. The molecule has 0 aliphatic carbocycles. The standard InChI is InChI=1S/C17H29BrN2/c1-15(2)13-19-11-5-4-6-12-20(3)14-16-7-9-17(18)10-8-16/h7-10,15,19H,4-6,11-14H2,1-3H3. The van der Waals surface area contributed by atoms with Gasteiger partial charge in [-0.25, -0.2) is 0 Å². The number of unbranched alkanes of at least 4 members (excludes halogenated alkanes) is 2. The second kappa shape index (κ2) is 10.4. The molecular weight excluding hydrogens is 312 g/mol. The van der Waals surface area contributed by atoms with Crippen LogP contribution >= 0.6 is 15.9 Å². The molecule has 1 aromatic carbocycles. The van der Waals surface area contributed by atoms with E-state index in [1.165, 1.54) is 31.4 Å². The van der Waals surface area contributed by atoms with E-state index >= 15 is 0 Å². The minimum atomic E-state index is 0.757. The van der Waals surface area contributed by atoms with Gasteiger partial charge in [0, 0.05) is 11.0 Å². The first-order valence-corrected chi connectivity index (χ1v) is 8.51. The quantitative estimate of drug-likeness (QED) is 0.639. The maximum Gasteiger partial charge on any atom is 0.0230 e. The molecule has 1 N–H and O–H groups in total. The molecule has 0 aliphatic rings. The van der Waals surface area contributed by atoms with E-state index in [0.717, 1.165) is 30.0 Å². The fraction of sp³-hybridized carbons (Fsp3) is 0.647. The van der Waals surface area contributed by atoms with Crippen molar-refractivity contribution in [1.82, 2.24) is 10.2 Å². The van der Waals surface area contributed by atoms with Crippen LogP contribution in [0, 0.1) is 5.92 Å². The number of nitrogens with one attached hydrogen (secondary N) is 1. The molecule has 0 saturated carbocycles. The first-order chi connectivity index (χ1) is 9.58. The first-order valence-electron chi connectivity index (χ1n) is 7.71. The van der Waals surface area contributed by atoms with Crippen molar-refractivity contribution < 1.29 is 0 Å². The summed E-state index contributed by atoms with van der Waals surface area (Å²) >= 11 is 3.47. The van der Waals surface area contributed by atoms with Gasteiger partial charge in [-0.3, -0.25) is 0 Å². The molecule has 0 fully saturated rings. The Balaban J connectivity index is 2.03. The number of halogens is 1. The predicted octanol–water partition coefficient (Wildman–Crippen LogP) is 4.30. The van der Waals surface area contributed by atoms with Gasteiger partial charge >= 0.3 is 0 Å². The van der Waals surface area contributed by atoms with Crippen LogP contribution < -0.4 is 5.32 Å². The van der Waals surface area contributed by atoms with E-state index < -0.39 is 0 Å². The largest absolute Gasteiger partial charge is 0.316 e. The summed E-state index contributed by atoms with van der Waals surface area (Å²) in [6, 6.07) is 8.61. The molecule has 3 heteroatoms. The van der Waals surface area contributed by atoms with E-state index in [2.05, 4.69) is 71.3 Å². The van der Waals surface area contributed by atoms with Crippen LogP contribution in [0.2, 0.25) is 0 Å². The molecule has 114 valence electrons. The summed E-state index contributed by atoms with van der Waals surface area (Å²) in [5.74, 6) is 0.757. The Morgan fingerprint density at radius 3 is 2.45 bits per heavy atom. The first kappa shape index (κ1) is 17.7. The SMILES string of the molecule is CC(C)CNCCCCCN(C)Cc1ccc(Br)cc1. The minimum Gasteiger partial charge on any atom is -0.316 e. The summed E-state index contributed by atoms with van der Waals surface area (Å²) in [6.07, 6.45) is 3.89. The lowest BCUT2D eigenvalue weighted by Gasteiger charge is -2.16. The van der Waals surface area contributed by atoms with Crippen molar-refractivity contribution in [3.63, 3.8) is 0 Å². The van der Waals surface area contributed by atoms with Crippen LogP contribution in [0.1, 0.15) is 38.7 Å². The van der Waals surface area contributed by atoms with Crippen molar-refractivity contribution in [1.29, 1.82) is 0 Å². The average Bonchev–Trinajstić information content (AvgIpc) is 2.40. The van der Waals surface area contributed by atoms with Crippen LogP contribution in [0.15, 0.2) is 28.7 Å². The third kappa shape index (κ3) is 8.72. The molecule has 1 aromatic rings. The maximum absolute atomic E-state index is 3.50. The molecule has 0 aliphatic heterocycles. The van der Waals surface area contributed by atoms with Crippen LogP contribution in [0.3, 0.4) is 0 Å². The topological polar surface area (TPSA) is 15.3 Å². The number of hydrogen-bond donors (Lipinski definition) is 1. The summed E-state index contributed by atoms with van der Waals surface area (Å²) in [5.41, 5.74) is 1.38. The number of nitrogens with zero attached hydrogens (tertiary/aromatic N) is 1. The normalized spacial score (nSPS) is 11.5. The lowest BCUT2D eigenvalue weighted by Crippen LogP contribution is -2.21. The average molecular weight is 341 g/mol. The Kier molecular flexibility index (Phi) is 9.16.